The topological polar surface area (TPSA) is 61.8 Å². The number of nitrogens with zero attached hydrogens (tertiary/aromatic N) is 2. The summed E-state index contributed by atoms with van der Waals surface area (Å²) in [6, 6.07) is 13.3. The number of carbonyl (C=O) groups excluding carboxylic acids is 2. The second kappa shape index (κ2) is 6.89. The number of hydrogen-bond acceptors (Lipinski definition) is 3. The van der Waals surface area contributed by atoms with E-state index in [4.69, 9.17) is 0 Å². The molecule has 3 rings (SSSR count). The predicted octanol–water partition coefficient (Wildman–Crippen LogP) is 3.73. The Morgan fingerprint density at radius 3 is 2.48 bits per heavy atom. The lowest BCUT2D eigenvalue weighted by Crippen LogP contribution is -2.36. The number of para-hydroxylation sites is 1. The molecular weight excluding hydrogens is 314 g/mol. The summed E-state index contributed by atoms with van der Waals surface area (Å²) in [6.45, 7) is 5.95. The SMILES string of the molecule is Cc1ccc(NC(=O)C2=NN(c3ccccc3C)C(=O)CC2)cc1C. The van der Waals surface area contributed by atoms with Crippen molar-refractivity contribution >= 4 is 28.9 Å². The molecule has 0 saturated carbocycles. The number of hydrazone groups is 1. The lowest BCUT2D eigenvalue weighted by Gasteiger charge is -2.24. The van der Waals surface area contributed by atoms with E-state index in [2.05, 4.69) is 10.4 Å². The van der Waals surface area contributed by atoms with E-state index in [0.717, 1.165) is 16.8 Å². The standard InChI is InChI=1S/C20H21N3O2/c1-13-8-9-16(12-15(13)3)21-20(25)17-10-11-19(24)23(22-17)18-7-5-4-6-14(18)2/h4-9,12H,10-11H2,1-3H3,(H,21,25). The van der Waals surface area contributed by atoms with E-state index in [1.165, 1.54) is 10.6 Å². The van der Waals surface area contributed by atoms with Crippen LogP contribution in [-0.2, 0) is 9.59 Å². The van der Waals surface area contributed by atoms with Gasteiger partial charge in [0.15, 0.2) is 0 Å². The van der Waals surface area contributed by atoms with E-state index < -0.39 is 0 Å². The molecule has 0 bridgehead atoms. The highest BCUT2D eigenvalue weighted by atomic mass is 16.2. The molecule has 1 heterocycles. The lowest BCUT2D eigenvalue weighted by molar-refractivity contribution is -0.118. The minimum Gasteiger partial charge on any atom is -0.321 e. The number of nitrogens with one attached hydrogen (secondary N) is 1. The van der Waals surface area contributed by atoms with Crippen molar-refractivity contribution in [3.05, 3.63) is 59.2 Å². The molecule has 0 aromatic heterocycles. The molecule has 0 saturated heterocycles. The van der Waals surface area contributed by atoms with Gasteiger partial charge in [-0.2, -0.15) is 5.10 Å². The van der Waals surface area contributed by atoms with Gasteiger partial charge in [0.25, 0.3) is 5.91 Å². The van der Waals surface area contributed by atoms with Crippen molar-refractivity contribution in [3.8, 4) is 0 Å². The van der Waals surface area contributed by atoms with Gasteiger partial charge in [-0.05, 0) is 55.7 Å². The maximum Gasteiger partial charge on any atom is 0.271 e. The van der Waals surface area contributed by atoms with Crippen LogP contribution in [-0.4, -0.2) is 17.5 Å². The van der Waals surface area contributed by atoms with Crippen LogP contribution in [0.15, 0.2) is 47.6 Å². The quantitative estimate of drug-likeness (QED) is 0.929. The van der Waals surface area contributed by atoms with Crippen LogP contribution in [0.25, 0.3) is 0 Å². The number of carbonyl (C=O) groups is 2. The maximum atomic E-state index is 12.6. The van der Waals surface area contributed by atoms with Gasteiger partial charge in [-0.15, -0.1) is 0 Å². The van der Waals surface area contributed by atoms with Crippen molar-refractivity contribution in [1.29, 1.82) is 0 Å². The summed E-state index contributed by atoms with van der Waals surface area (Å²) in [6.07, 6.45) is 0.616. The molecule has 0 aliphatic carbocycles. The van der Waals surface area contributed by atoms with Crippen LogP contribution < -0.4 is 10.3 Å². The van der Waals surface area contributed by atoms with Crippen LogP contribution in [0, 0.1) is 20.8 Å². The summed E-state index contributed by atoms with van der Waals surface area (Å²) in [5.41, 5.74) is 5.03. The van der Waals surface area contributed by atoms with Gasteiger partial charge >= 0.3 is 0 Å². The molecule has 1 aliphatic rings. The first-order chi connectivity index (χ1) is 12.0. The summed E-state index contributed by atoms with van der Waals surface area (Å²) >= 11 is 0. The van der Waals surface area contributed by atoms with E-state index in [9.17, 15) is 9.59 Å². The fourth-order valence-electron chi connectivity index (χ4n) is 2.73. The zero-order valence-corrected chi connectivity index (χ0v) is 14.7. The number of hydrogen-bond donors (Lipinski definition) is 1. The number of anilines is 2. The van der Waals surface area contributed by atoms with Crippen LogP contribution in [0.5, 0.6) is 0 Å². The molecule has 1 N–H and O–H groups in total. The molecule has 2 aromatic rings. The van der Waals surface area contributed by atoms with Gasteiger partial charge in [0, 0.05) is 18.5 Å². The minimum atomic E-state index is -0.269. The van der Waals surface area contributed by atoms with Gasteiger partial charge in [0.05, 0.1) is 5.69 Å². The van der Waals surface area contributed by atoms with Crippen LogP contribution in [0.4, 0.5) is 11.4 Å². The number of amides is 2. The van der Waals surface area contributed by atoms with Crippen LogP contribution in [0.2, 0.25) is 0 Å². The molecule has 0 fully saturated rings. The van der Waals surface area contributed by atoms with Gasteiger partial charge in [-0.1, -0.05) is 24.3 Å². The monoisotopic (exact) mass is 335 g/mol. The van der Waals surface area contributed by atoms with Gasteiger partial charge < -0.3 is 5.32 Å². The molecule has 2 amide bonds. The van der Waals surface area contributed by atoms with Gasteiger partial charge in [-0.3, -0.25) is 9.59 Å². The summed E-state index contributed by atoms with van der Waals surface area (Å²) in [5.74, 6) is -0.369. The Bertz CT molecular complexity index is 871. The molecule has 128 valence electrons. The number of benzene rings is 2. The molecule has 0 atom stereocenters. The smallest absolute Gasteiger partial charge is 0.271 e. The third-order valence-electron chi connectivity index (χ3n) is 4.40. The van der Waals surface area contributed by atoms with Crippen molar-refractivity contribution in [2.75, 3.05) is 10.3 Å². The fraction of sp³-hybridized carbons (Fsp3) is 0.250. The Morgan fingerprint density at radius 2 is 1.76 bits per heavy atom. The zero-order chi connectivity index (χ0) is 18.0. The average Bonchev–Trinajstić information content (AvgIpc) is 2.59. The average molecular weight is 335 g/mol. The van der Waals surface area contributed by atoms with E-state index in [0.29, 0.717) is 17.8 Å². The van der Waals surface area contributed by atoms with Crippen molar-refractivity contribution in [3.63, 3.8) is 0 Å². The number of rotatable bonds is 3. The van der Waals surface area contributed by atoms with E-state index in [-0.39, 0.29) is 18.2 Å². The molecule has 5 heteroatoms. The fourth-order valence-corrected chi connectivity index (χ4v) is 2.73. The normalized spacial score (nSPS) is 14.3. The zero-order valence-electron chi connectivity index (χ0n) is 14.7. The molecule has 2 aromatic carbocycles. The number of aryl methyl sites for hydroxylation is 3. The minimum absolute atomic E-state index is 0.1000. The Morgan fingerprint density at radius 1 is 1.00 bits per heavy atom. The third kappa shape index (κ3) is 3.60. The van der Waals surface area contributed by atoms with Crippen molar-refractivity contribution in [2.45, 2.75) is 33.6 Å². The predicted molar refractivity (Wildman–Crippen MR) is 99.9 cm³/mol. The molecular formula is C20H21N3O2. The van der Waals surface area contributed by atoms with E-state index in [1.807, 2.05) is 63.2 Å². The van der Waals surface area contributed by atoms with Crippen LogP contribution in [0.3, 0.4) is 0 Å². The van der Waals surface area contributed by atoms with Crippen molar-refractivity contribution in [2.24, 2.45) is 5.10 Å². The van der Waals surface area contributed by atoms with Crippen molar-refractivity contribution in [1.82, 2.24) is 0 Å². The first-order valence-electron chi connectivity index (χ1n) is 8.30. The molecule has 0 unspecified atom stereocenters. The highest BCUT2D eigenvalue weighted by molar-refractivity contribution is 6.44. The summed E-state index contributed by atoms with van der Waals surface area (Å²) in [7, 11) is 0. The first-order valence-corrected chi connectivity index (χ1v) is 8.30. The molecule has 0 spiro atoms. The summed E-state index contributed by atoms with van der Waals surface area (Å²) in [5, 5.41) is 8.53. The Hall–Kier alpha value is -2.95. The Kier molecular flexibility index (Phi) is 4.65. The maximum absolute atomic E-state index is 12.6. The highest BCUT2D eigenvalue weighted by Gasteiger charge is 2.26. The Balaban J connectivity index is 1.84. The lowest BCUT2D eigenvalue weighted by atomic mass is 10.1. The molecule has 5 nitrogen and oxygen atoms in total. The van der Waals surface area contributed by atoms with Gasteiger partial charge in [0.1, 0.15) is 5.71 Å². The second-order valence-corrected chi connectivity index (χ2v) is 6.29. The third-order valence-corrected chi connectivity index (χ3v) is 4.40. The van der Waals surface area contributed by atoms with Crippen molar-refractivity contribution < 1.29 is 9.59 Å². The van der Waals surface area contributed by atoms with E-state index in [1.54, 1.807) is 0 Å². The highest BCUT2D eigenvalue weighted by Crippen LogP contribution is 2.24. The van der Waals surface area contributed by atoms with Gasteiger partial charge in [-0.25, -0.2) is 5.01 Å². The Labute approximate surface area is 147 Å². The summed E-state index contributed by atoms with van der Waals surface area (Å²) in [4.78, 5) is 24.8. The molecule has 25 heavy (non-hydrogen) atoms. The summed E-state index contributed by atoms with van der Waals surface area (Å²) < 4.78 is 0. The van der Waals surface area contributed by atoms with Crippen LogP contribution >= 0.6 is 0 Å². The largest absolute Gasteiger partial charge is 0.321 e. The first kappa shape index (κ1) is 16.9. The van der Waals surface area contributed by atoms with Crippen LogP contribution in [0.1, 0.15) is 29.5 Å². The van der Waals surface area contributed by atoms with E-state index >= 15 is 0 Å². The van der Waals surface area contributed by atoms with Gasteiger partial charge in [0.2, 0.25) is 5.91 Å². The molecule has 0 radical (unpaired) electrons. The second-order valence-electron chi connectivity index (χ2n) is 6.29. The molecule has 1 aliphatic heterocycles.